The number of hydrogen-bond acceptors (Lipinski definition) is 8. The van der Waals surface area contributed by atoms with Gasteiger partial charge in [0.25, 0.3) is 0 Å². The van der Waals surface area contributed by atoms with Gasteiger partial charge in [0.05, 0.1) is 58.2 Å². The summed E-state index contributed by atoms with van der Waals surface area (Å²) in [5.74, 6) is 11.8. The van der Waals surface area contributed by atoms with Crippen molar-refractivity contribution in [3.63, 3.8) is 0 Å². The molecule has 0 spiro atoms. The summed E-state index contributed by atoms with van der Waals surface area (Å²) in [5, 5.41) is 27.7. The van der Waals surface area contributed by atoms with Crippen molar-refractivity contribution in [2.45, 2.75) is 73.1 Å². The maximum atomic E-state index is 8.77. The van der Waals surface area contributed by atoms with Crippen LogP contribution in [0.15, 0.2) is 203 Å². The highest BCUT2D eigenvalue weighted by molar-refractivity contribution is 14.1. The highest BCUT2D eigenvalue weighted by Gasteiger charge is 2.12. The van der Waals surface area contributed by atoms with Gasteiger partial charge in [-0.15, -0.1) is 12.3 Å². The summed E-state index contributed by atoms with van der Waals surface area (Å²) in [4.78, 5) is 3.25. The quantitative estimate of drug-likeness (QED) is 0.0464. The highest BCUT2D eigenvalue weighted by atomic mass is 127. The number of aliphatic hydroxyl groups excluding tert-OH is 2. The molecule has 1 aliphatic heterocycles. The third-order valence-electron chi connectivity index (χ3n) is 15.1. The Morgan fingerprint density at radius 1 is 0.505 bits per heavy atom. The van der Waals surface area contributed by atoms with E-state index in [0.29, 0.717) is 12.8 Å². The standard InChI is InChI=1S/C20H19NO2.C16H14BrNO.C16H14INO.C10H11NO.C6H4BrI.C5H13N.C4H9N.C4H6O/c1-15-13-17-14-19(23-2)10-11-20(17)21(15)18-8-6-16(7-9-18)5-3-4-12-22;2*1-11-9-12-10-15(19-2)7-8-16(12)18(11)14-5-3-13(17)4-6-14;1-7-5-8-6-9(12-2)3-4-10(8)11-7;7-5-1-3-6(8)4-2-5;1-3-4-5-6-2;1-2-4-5-3-1;1-2-3-4-5/h6-11,13-14,22H,4,12H2,1-2H3;2*3-10H,1-2H3;3-6,11H,1-2H3;1-4H;6H,3-5H2,1-2H3;5H,1-4H2;1,5H,3-4H2. The summed E-state index contributed by atoms with van der Waals surface area (Å²) in [5.41, 5.74) is 13.9. The Balaban J connectivity index is 0.000000185. The lowest BCUT2D eigenvalue weighted by molar-refractivity contribution is 0.304. The van der Waals surface area contributed by atoms with Crippen LogP contribution < -0.4 is 29.6 Å². The number of aromatic amines is 1. The van der Waals surface area contributed by atoms with E-state index >= 15 is 0 Å². The summed E-state index contributed by atoms with van der Waals surface area (Å²) in [6.07, 6.45) is 11.1. The van der Waals surface area contributed by atoms with E-state index in [4.69, 9.17) is 35.6 Å². The van der Waals surface area contributed by atoms with Crippen LogP contribution in [0.1, 0.15) is 73.8 Å². The minimum atomic E-state index is 0.100. The van der Waals surface area contributed by atoms with E-state index in [1.807, 2.05) is 80.7 Å². The average Bonchev–Trinajstić information content (AvgIpc) is 1.66. The molecule has 13 rings (SSSR count). The lowest BCUT2D eigenvalue weighted by Gasteiger charge is -2.09. The molecule has 1 saturated heterocycles. The molecule has 5 N–H and O–H groups in total. The van der Waals surface area contributed by atoms with Crippen LogP contribution >= 0.6 is 77.0 Å². The number of fused-ring (bicyclic) bond motifs is 4. The third-order valence-corrected chi connectivity index (χ3v) is 17.6. The Bertz CT molecular complexity index is 4260. The van der Waals surface area contributed by atoms with E-state index in [1.165, 1.54) is 107 Å². The average molecular weight is 1660 g/mol. The van der Waals surface area contributed by atoms with E-state index in [1.54, 1.807) is 28.4 Å². The zero-order chi connectivity index (χ0) is 70.1. The number of nitrogens with one attached hydrogen (secondary N) is 3. The molecular weight excluding hydrogens is 1570 g/mol. The molecule has 0 atom stereocenters. The minimum absolute atomic E-state index is 0.100. The van der Waals surface area contributed by atoms with E-state index in [2.05, 4.69) is 279 Å². The minimum Gasteiger partial charge on any atom is -0.497 e. The van der Waals surface area contributed by atoms with Crippen molar-refractivity contribution in [2.75, 3.05) is 68.3 Å². The van der Waals surface area contributed by atoms with Crippen LogP contribution in [0.5, 0.6) is 23.0 Å². The van der Waals surface area contributed by atoms with Gasteiger partial charge in [0.15, 0.2) is 0 Å². The van der Waals surface area contributed by atoms with Gasteiger partial charge >= 0.3 is 0 Å². The van der Waals surface area contributed by atoms with Crippen LogP contribution in [-0.2, 0) is 0 Å². The largest absolute Gasteiger partial charge is 0.497 e. The van der Waals surface area contributed by atoms with Gasteiger partial charge in [-0.05, 0) is 313 Å². The predicted octanol–water partition coefficient (Wildman–Crippen LogP) is 19.9. The van der Waals surface area contributed by atoms with Gasteiger partial charge in [0.2, 0.25) is 0 Å². The van der Waals surface area contributed by atoms with Crippen molar-refractivity contribution in [2.24, 2.45) is 0 Å². The fourth-order valence-electron chi connectivity index (χ4n) is 10.4. The molecular formula is C81H90Br2I2N6O6. The SMILES string of the molecule is Brc1ccc(I)cc1.C#CCCO.C1CCNC1.CCCCNC.COc1ccc2[nH]c(C)cc2c1.COc1ccc2c(c1)cc(C)n2-c1ccc(Br)cc1.COc1ccc2c(c1)cc(C)n2-c1ccc(C#CCCO)cc1.COc1ccc2c(c1)cc(C)n2-c1ccc(I)cc1. The number of H-pyrrole nitrogens is 1. The zero-order valence-electron chi connectivity index (χ0n) is 57.2. The number of aryl methyl sites for hydroxylation is 4. The Labute approximate surface area is 618 Å². The number of halogens is 4. The van der Waals surface area contributed by atoms with E-state index < -0.39 is 0 Å². The molecule has 508 valence electrons. The molecule has 1 fully saturated rings. The van der Waals surface area contributed by atoms with Gasteiger partial charge < -0.3 is 58.5 Å². The van der Waals surface area contributed by atoms with E-state index in [0.717, 1.165) is 66.2 Å². The van der Waals surface area contributed by atoms with Crippen LogP contribution in [-0.4, -0.2) is 97.2 Å². The molecule has 4 aromatic heterocycles. The van der Waals surface area contributed by atoms with Crippen molar-refractivity contribution in [1.82, 2.24) is 29.3 Å². The lowest BCUT2D eigenvalue weighted by atomic mass is 10.2. The lowest BCUT2D eigenvalue weighted by Crippen LogP contribution is -2.06. The zero-order valence-corrected chi connectivity index (χ0v) is 64.7. The first kappa shape index (κ1) is 78.5. The Kier molecular flexibility index (Phi) is 34.3. The van der Waals surface area contributed by atoms with Crippen molar-refractivity contribution >= 4 is 121 Å². The van der Waals surface area contributed by atoms with Gasteiger partial charge in [-0.3, -0.25) is 0 Å². The first-order valence-corrected chi connectivity index (χ1v) is 35.9. The predicted molar refractivity (Wildman–Crippen MR) is 431 cm³/mol. The molecule has 97 heavy (non-hydrogen) atoms. The molecule has 0 radical (unpaired) electrons. The molecule has 12 aromatic rings. The number of unbranched alkanes of at least 4 members (excludes halogenated alkanes) is 1. The van der Waals surface area contributed by atoms with Gasteiger partial charge in [0, 0.05) is 101 Å². The summed E-state index contributed by atoms with van der Waals surface area (Å²) in [7, 11) is 8.74. The number of rotatable bonds is 12. The summed E-state index contributed by atoms with van der Waals surface area (Å²) < 4.78 is 32.5. The van der Waals surface area contributed by atoms with Crippen molar-refractivity contribution in [1.29, 1.82) is 0 Å². The Morgan fingerprint density at radius 3 is 1.23 bits per heavy atom. The Hall–Kier alpha value is -7.50. The second-order valence-corrected chi connectivity index (χ2v) is 26.7. The second kappa shape index (κ2) is 42.3. The topological polar surface area (TPSA) is 132 Å². The number of aliphatic hydroxyl groups is 2. The van der Waals surface area contributed by atoms with Crippen LogP contribution in [0.3, 0.4) is 0 Å². The molecule has 0 bridgehead atoms. The molecule has 12 nitrogen and oxygen atoms in total. The van der Waals surface area contributed by atoms with E-state index in [-0.39, 0.29) is 13.2 Å². The molecule has 0 unspecified atom stereocenters. The normalized spacial score (nSPS) is 10.9. The maximum Gasteiger partial charge on any atom is 0.119 e. The van der Waals surface area contributed by atoms with Crippen LogP contribution in [0.4, 0.5) is 0 Å². The summed E-state index contributed by atoms with van der Waals surface area (Å²) in [6.45, 7) is 14.5. The van der Waals surface area contributed by atoms with Gasteiger partial charge in [-0.2, -0.15) is 0 Å². The fraction of sp³-hybridized carbons (Fsp3) is 0.259. The van der Waals surface area contributed by atoms with Crippen LogP contribution in [0, 0.1) is 59.0 Å². The molecule has 0 amide bonds. The number of aromatic nitrogens is 4. The van der Waals surface area contributed by atoms with Gasteiger partial charge in [-0.25, -0.2) is 0 Å². The first-order valence-electron chi connectivity index (χ1n) is 32.2. The fourth-order valence-corrected chi connectivity index (χ4v) is 11.6. The molecule has 5 heterocycles. The Morgan fingerprint density at radius 2 is 0.887 bits per heavy atom. The monoisotopic (exact) mass is 1650 g/mol. The van der Waals surface area contributed by atoms with E-state index in [9.17, 15) is 0 Å². The maximum absolute atomic E-state index is 8.77. The first-order chi connectivity index (χ1) is 47.0. The highest BCUT2D eigenvalue weighted by Crippen LogP contribution is 2.31. The summed E-state index contributed by atoms with van der Waals surface area (Å²) >= 11 is 11.4. The number of hydrogen-bond donors (Lipinski definition) is 5. The number of ether oxygens (including phenoxy) is 4. The van der Waals surface area contributed by atoms with Crippen molar-refractivity contribution in [3.05, 3.63) is 239 Å². The summed E-state index contributed by atoms with van der Waals surface area (Å²) in [6, 6.07) is 66.4. The van der Waals surface area contributed by atoms with Gasteiger partial charge in [-0.1, -0.05) is 57.0 Å². The number of benzene rings is 8. The molecule has 16 heteroatoms. The van der Waals surface area contributed by atoms with Crippen LogP contribution in [0.2, 0.25) is 0 Å². The smallest absolute Gasteiger partial charge is 0.119 e. The third kappa shape index (κ3) is 24.8. The number of terminal acetylenes is 1. The molecule has 0 aliphatic carbocycles. The molecule has 0 saturated carbocycles. The second-order valence-electron chi connectivity index (χ2n) is 22.3. The number of nitrogens with zero attached hydrogens (tertiary/aromatic N) is 3. The van der Waals surface area contributed by atoms with Gasteiger partial charge in [0.1, 0.15) is 23.0 Å². The molecule has 8 aromatic carbocycles. The van der Waals surface area contributed by atoms with Crippen molar-refractivity contribution in [3.8, 4) is 64.2 Å². The number of methoxy groups -OCH3 is 4. The van der Waals surface area contributed by atoms with Crippen LogP contribution in [0.25, 0.3) is 60.7 Å². The van der Waals surface area contributed by atoms with Crippen molar-refractivity contribution < 1.29 is 29.2 Å². The molecule has 1 aliphatic rings.